The van der Waals surface area contributed by atoms with Crippen molar-refractivity contribution < 1.29 is 14.3 Å². The van der Waals surface area contributed by atoms with Crippen LogP contribution in [0.4, 0.5) is 0 Å². The molecule has 0 radical (unpaired) electrons. The lowest BCUT2D eigenvalue weighted by Crippen LogP contribution is -2.56. The van der Waals surface area contributed by atoms with Gasteiger partial charge in [-0.2, -0.15) is 0 Å². The van der Waals surface area contributed by atoms with E-state index in [1.165, 1.54) is 0 Å². The topological polar surface area (TPSA) is 46.6 Å². The zero-order valence-electron chi connectivity index (χ0n) is 18.0. The number of morpholine rings is 1. The molecule has 1 aliphatic heterocycles. The van der Waals surface area contributed by atoms with Crippen LogP contribution in [0.15, 0.2) is 89.8 Å². The summed E-state index contributed by atoms with van der Waals surface area (Å²) in [5.74, 6) is 0.795. The number of benzene rings is 3. The molecule has 0 aliphatic carbocycles. The van der Waals surface area contributed by atoms with Gasteiger partial charge in [-0.05, 0) is 23.3 Å². The minimum atomic E-state index is -0.932. The van der Waals surface area contributed by atoms with E-state index in [0.29, 0.717) is 38.3 Å². The van der Waals surface area contributed by atoms with Crippen molar-refractivity contribution in [2.45, 2.75) is 16.9 Å². The largest absolute Gasteiger partial charge is 0.379 e. The van der Waals surface area contributed by atoms with Gasteiger partial charge in [-0.1, -0.05) is 72.8 Å². The van der Waals surface area contributed by atoms with E-state index >= 15 is 0 Å². The molecule has 4 rings (SSSR count). The molecule has 3 aromatic rings. The second kappa shape index (κ2) is 10.7. The Balaban J connectivity index is 1.81. The lowest BCUT2D eigenvalue weighted by molar-refractivity contribution is -0.107. The van der Waals surface area contributed by atoms with Gasteiger partial charge in [0.15, 0.2) is 5.78 Å². The smallest absolute Gasteiger partial charge is 0.192 e. The first-order valence-electron chi connectivity index (χ1n) is 10.9. The maximum Gasteiger partial charge on any atom is 0.192 e. The van der Waals surface area contributed by atoms with Crippen LogP contribution in [0.3, 0.4) is 0 Å². The van der Waals surface area contributed by atoms with Crippen molar-refractivity contribution in [1.82, 2.24) is 4.90 Å². The van der Waals surface area contributed by atoms with E-state index in [1.807, 2.05) is 84.9 Å². The molecule has 3 aromatic carbocycles. The summed E-state index contributed by atoms with van der Waals surface area (Å²) in [6.45, 7) is 2.55. The van der Waals surface area contributed by atoms with E-state index in [-0.39, 0.29) is 5.78 Å². The second-order valence-corrected chi connectivity index (χ2v) is 8.87. The summed E-state index contributed by atoms with van der Waals surface area (Å²) in [6.07, 6.45) is 1.45. The predicted octanol–water partition coefficient (Wildman–Crippen LogP) is 4.83. The molecule has 0 N–H and O–H groups in total. The Morgan fingerprint density at radius 2 is 1.44 bits per heavy atom. The number of carbonyl (C=O) groups is 2. The van der Waals surface area contributed by atoms with E-state index in [1.54, 1.807) is 11.8 Å². The zero-order valence-corrected chi connectivity index (χ0v) is 18.8. The van der Waals surface area contributed by atoms with Gasteiger partial charge in [0.25, 0.3) is 0 Å². The van der Waals surface area contributed by atoms with E-state index < -0.39 is 5.54 Å². The van der Waals surface area contributed by atoms with Crippen LogP contribution in [0.2, 0.25) is 0 Å². The first kappa shape index (κ1) is 22.5. The molecule has 0 atom stereocenters. The van der Waals surface area contributed by atoms with Gasteiger partial charge >= 0.3 is 0 Å². The molecular formula is C27H27NO3S. The third kappa shape index (κ3) is 4.56. The van der Waals surface area contributed by atoms with Gasteiger partial charge in [-0.25, -0.2) is 0 Å². The number of ether oxygens (including phenoxy) is 1. The fourth-order valence-electron chi connectivity index (χ4n) is 4.33. The van der Waals surface area contributed by atoms with Crippen molar-refractivity contribution in [3.05, 3.63) is 102 Å². The van der Waals surface area contributed by atoms with E-state index in [4.69, 9.17) is 4.74 Å². The summed E-state index contributed by atoms with van der Waals surface area (Å²) in [4.78, 5) is 28.3. The molecule has 0 amide bonds. The average molecular weight is 446 g/mol. The first-order chi connectivity index (χ1) is 15.8. The highest BCUT2D eigenvalue weighted by Crippen LogP contribution is 2.40. The fraction of sp³-hybridized carbons (Fsp3) is 0.259. The maximum absolute atomic E-state index is 14.4. The fourth-order valence-corrected chi connectivity index (χ4v) is 5.11. The maximum atomic E-state index is 14.4. The molecular weight excluding hydrogens is 418 g/mol. The molecule has 0 bridgehead atoms. The molecule has 1 saturated heterocycles. The number of carbonyl (C=O) groups excluding carboxylic acids is 2. The van der Waals surface area contributed by atoms with Crippen LogP contribution in [0.25, 0.3) is 0 Å². The Morgan fingerprint density at radius 1 is 0.875 bits per heavy atom. The number of hydrogen-bond donors (Lipinski definition) is 0. The minimum Gasteiger partial charge on any atom is -0.379 e. The Labute approximate surface area is 193 Å². The average Bonchev–Trinajstić information content (AvgIpc) is 2.87. The van der Waals surface area contributed by atoms with Crippen molar-refractivity contribution in [2.75, 3.05) is 32.1 Å². The molecule has 0 spiro atoms. The van der Waals surface area contributed by atoms with Crippen LogP contribution < -0.4 is 0 Å². The molecule has 1 heterocycles. The van der Waals surface area contributed by atoms with E-state index in [2.05, 4.69) is 4.90 Å². The molecule has 0 aromatic heterocycles. The number of thioether (sulfide) groups is 1. The molecule has 4 nitrogen and oxygen atoms in total. The van der Waals surface area contributed by atoms with Gasteiger partial charge in [0.1, 0.15) is 11.8 Å². The highest BCUT2D eigenvalue weighted by Gasteiger charge is 2.47. The Hall–Kier alpha value is -2.73. The standard InChI is InChI=1S/C27H27NO3S/c29-18-7-21-32-25-14-12-22(13-15-25)26(30)27(23-8-3-1-4-9-23,24-10-5-2-6-11-24)28-16-19-31-20-17-28/h1-6,8-15,18H,7,16-17,19-21H2. The summed E-state index contributed by atoms with van der Waals surface area (Å²) in [5, 5.41) is 0. The van der Waals surface area contributed by atoms with Crippen LogP contribution in [-0.2, 0) is 15.1 Å². The van der Waals surface area contributed by atoms with Crippen molar-refractivity contribution >= 4 is 23.8 Å². The van der Waals surface area contributed by atoms with Crippen molar-refractivity contribution in [2.24, 2.45) is 0 Å². The van der Waals surface area contributed by atoms with E-state index in [0.717, 1.165) is 28.1 Å². The number of ketones is 1. The number of nitrogens with zero attached hydrogens (tertiary/aromatic N) is 1. The number of hydrogen-bond acceptors (Lipinski definition) is 5. The summed E-state index contributed by atoms with van der Waals surface area (Å²) >= 11 is 1.62. The van der Waals surface area contributed by atoms with Gasteiger partial charge in [0.2, 0.25) is 0 Å². The summed E-state index contributed by atoms with van der Waals surface area (Å²) in [6, 6.07) is 27.9. The molecule has 1 aliphatic rings. The van der Waals surface area contributed by atoms with Gasteiger partial charge in [-0.3, -0.25) is 9.69 Å². The molecule has 5 heteroatoms. The lowest BCUT2D eigenvalue weighted by atomic mass is 9.75. The van der Waals surface area contributed by atoms with Gasteiger partial charge in [0.05, 0.1) is 13.2 Å². The summed E-state index contributed by atoms with van der Waals surface area (Å²) < 4.78 is 5.63. The van der Waals surface area contributed by atoms with Gasteiger partial charge < -0.3 is 9.53 Å². The Morgan fingerprint density at radius 3 is 1.97 bits per heavy atom. The summed E-state index contributed by atoms with van der Waals surface area (Å²) in [5.41, 5.74) is 1.66. The van der Waals surface area contributed by atoms with E-state index in [9.17, 15) is 9.59 Å². The van der Waals surface area contributed by atoms with Crippen molar-refractivity contribution in [3.8, 4) is 0 Å². The van der Waals surface area contributed by atoms with Crippen LogP contribution in [0.5, 0.6) is 0 Å². The molecule has 32 heavy (non-hydrogen) atoms. The minimum absolute atomic E-state index is 0.0567. The Bertz CT molecular complexity index is 976. The van der Waals surface area contributed by atoms with Crippen LogP contribution in [0.1, 0.15) is 27.9 Å². The van der Waals surface area contributed by atoms with Crippen LogP contribution in [0, 0.1) is 0 Å². The normalized spacial score (nSPS) is 14.8. The molecule has 0 saturated carbocycles. The number of Topliss-reactive ketones (excluding diaryl/α,β-unsaturated/α-hetero) is 1. The first-order valence-corrected chi connectivity index (χ1v) is 11.9. The highest BCUT2D eigenvalue weighted by molar-refractivity contribution is 7.99. The van der Waals surface area contributed by atoms with Crippen molar-refractivity contribution in [3.63, 3.8) is 0 Å². The third-order valence-corrected chi connectivity index (χ3v) is 6.86. The summed E-state index contributed by atoms with van der Waals surface area (Å²) in [7, 11) is 0. The molecule has 0 unspecified atom stereocenters. The predicted molar refractivity (Wildman–Crippen MR) is 128 cm³/mol. The van der Waals surface area contributed by atoms with Crippen molar-refractivity contribution in [1.29, 1.82) is 0 Å². The highest BCUT2D eigenvalue weighted by atomic mass is 32.2. The quantitative estimate of drug-likeness (QED) is 0.204. The number of aldehydes is 1. The lowest BCUT2D eigenvalue weighted by Gasteiger charge is -2.45. The van der Waals surface area contributed by atoms with Crippen LogP contribution >= 0.6 is 11.8 Å². The van der Waals surface area contributed by atoms with Crippen LogP contribution in [-0.4, -0.2) is 49.0 Å². The monoisotopic (exact) mass is 445 g/mol. The zero-order chi connectivity index (χ0) is 22.2. The molecule has 164 valence electrons. The second-order valence-electron chi connectivity index (χ2n) is 7.70. The third-order valence-electron chi connectivity index (χ3n) is 5.82. The van der Waals surface area contributed by atoms with Gasteiger partial charge in [-0.15, -0.1) is 11.8 Å². The Kier molecular flexibility index (Phi) is 7.53. The number of rotatable bonds is 9. The molecule has 1 fully saturated rings. The SMILES string of the molecule is O=CCCSc1ccc(C(=O)C(c2ccccc2)(c2ccccc2)N2CCOCC2)cc1. The van der Waals surface area contributed by atoms with Gasteiger partial charge in [0, 0.05) is 35.7 Å².